The molecule has 0 radical (unpaired) electrons. The van der Waals surface area contributed by atoms with Gasteiger partial charge in [0.2, 0.25) is 5.88 Å². The van der Waals surface area contributed by atoms with Crippen LogP contribution in [0.4, 0.5) is 0 Å². The molecule has 0 aliphatic heterocycles. The number of fused-ring (bicyclic) bond motifs is 1. The third-order valence-corrected chi connectivity index (χ3v) is 4.22. The number of nitrogens with zero attached hydrogens (tertiary/aromatic N) is 4. The van der Waals surface area contributed by atoms with Gasteiger partial charge >= 0.3 is 5.97 Å². The Morgan fingerprint density at radius 1 is 1.48 bits per heavy atom. The molecule has 0 fully saturated rings. The van der Waals surface area contributed by atoms with E-state index >= 15 is 0 Å². The summed E-state index contributed by atoms with van der Waals surface area (Å²) < 4.78 is 7.46. The Kier molecular flexibility index (Phi) is 3.30. The van der Waals surface area contributed by atoms with E-state index in [0.29, 0.717) is 27.4 Å². The van der Waals surface area contributed by atoms with E-state index in [9.17, 15) is 9.90 Å². The van der Waals surface area contributed by atoms with Crippen molar-refractivity contribution in [2.75, 3.05) is 0 Å². The van der Waals surface area contributed by atoms with Gasteiger partial charge in [-0.1, -0.05) is 0 Å². The summed E-state index contributed by atoms with van der Waals surface area (Å²) in [4.78, 5) is 20.3. The monoisotopic (exact) mass is 304 g/mol. The van der Waals surface area contributed by atoms with Crippen molar-refractivity contribution in [1.29, 1.82) is 0 Å². The second-order valence-corrected chi connectivity index (χ2v) is 5.35. The van der Waals surface area contributed by atoms with Crippen LogP contribution in [-0.4, -0.2) is 30.8 Å². The Balaban J connectivity index is 2.07. The lowest BCUT2D eigenvalue weighted by atomic mass is 10.2. The van der Waals surface area contributed by atoms with Gasteiger partial charge in [-0.3, -0.25) is 4.68 Å². The fourth-order valence-corrected chi connectivity index (χ4v) is 2.98. The summed E-state index contributed by atoms with van der Waals surface area (Å²) in [6, 6.07) is 0. The largest absolute Gasteiger partial charge is 0.477 e. The van der Waals surface area contributed by atoms with Gasteiger partial charge in [0, 0.05) is 6.54 Å². The van der Waals surface area contributed by atoms with Crippen LogP contribution >= 0.6 is 11.3 Å². The molecule has 8 heteroatoms. The van der Waals surface area contributed by atoms with Gasteiger partial charge in [0.25, 0.3) is 0 Å². The fourth-order valence-electron chi connectivity index (χ4n) is 2.00. The quantitative estimate of drug-likeness (QED) is 0.797. The van der Waals surface area contributed by atoms with Crippen molar-refractivity contribution in [2.45, 2.75) is 20.4 Å². The number of aryl methyl sites for hydroxylation is 2. The molecule has 108 valence electrons. The maximum atomic E-state index is 11.2. The van der Waals surface area contributed by atoms with Crippen molar-refractivity contribution >= 4 is 27.5 Å². The standard InChI is InChI=1S/C13H12N4O3S/c1-3-17-5-8(4-16-17)20-11-9-7(2)10(13(18)19)21-12(9)15-6-14-11/h4-6H,3H2,1-2H3,(H,18,19). The van der Waals surface area contributed by atoms with Crippen molar-refractivity contribution in [3.8, 4) is 11.6 Å². The highest BCUT2D eigenvalue weighted by Gasteiger charge is 2.19. The number of carboxylic acids is 1. The predicted molar refractivity (Wildman–Crippen MR) is 77.1 cm³/mol. The zero-order valence-corrected chi connectivity index (χ0v) is 12.2. The van der Waals surface area contributed by atoms with Crippen LogP contribution in [0.5, 0.6) is 11.6 Å². The van der Waals surface area contributed by atoms with Gasteiger partial charge in [0.05, 0.1) is 17.8 Å². The zero-order valence-electron chi connectivity index (χ0n) is 11.4. The number of rotatable bonds is 4. The third kappa shape index (κ3) is 2.33. The highest BCUT2D eigenvalue weighted by Crippen LogP contribution is 2.35. The van der Waals surface area contributed by atoms with Crippen molar-refractivity contribution in [3.05, 3.63) is 29.2 Å². The Hall–Kier alpha value is -2.48. The molecule has 0 spiro atoms. The molecule has 21 heavy (non-hydrogen) atoms. The fraction of sp³-hybridized carbons (Fsp3) is 0.231. The molecule has 0 saturated heterocycles. The number of hydrogen-bond donors (Lipinski definition) is 1. The average Bonchev–Trinajstić information content (AvgIpc) is 3.04. The molecule has 0 aromatic carbocycles. The van der Waals surface area contributed by atoms with E-state index in [1.54, 1.807) is 24.0 Å². The molecule has 0 amide bonds. The van der Waals surface area contributed by atoms with Gasteiger partial charge in [-0.15, -0.1) is 11.3 Å². The second-order valence-electron chi connectivity index (χ2n) is 4.35. The molecule has 3 heterocycles. The van der Waals surface area contributed by atoms with Crippen LogP contribution in [-0.2, 0) is 6.54 Å². The Labute approximate surface area is 123 Å². The lowest BCUT2D eigenvalue weighted by Gasteiger charge is -2.03. The molecule has 0 bridgehead atoms. The van der Waals surface area contributed by atoms with Gasteiger partial charge in [0.1, 0.15) is 16.0 Å². The second kappa shape index (κ2) is 5.13. The first kappa shape index (κ1) is 13.5. The smallest absolute Gasteiger partial charge is 0.346 e. The van der Waals surface area contributed by atoms with E-state index < -0.39 is 5.97 Å². The van der Waals surface area contributed by atoms with E-state index in [0.717, 1.165) is 17.9 Å². The third-order valence-electron chi connectivity index (χ3n) is 3.03. The Morgan fingerprint density at radius 3 is 2.95 bits per heavy atom. The maximum absolute atomic E-state index is 11.2. The molecule has 0 aliphatic carbocycles. The average molecular weight is 304 g/mol. The number of hydrogen-bond acceptors (Lipinski definition) is 6. The van der Waals surface area contributed by atoms with Crippen LogP contribution in [0, 0.1) is 6.92 Å². The van der Waals surface area contributed by atoms with Crippen molar-refractivity contribution < 1.29 is 14.6 Å². The van der Waals surface area contributed by atoms with E-state index in [4.69, 9.17) is 4.74 Å². The number of aromatic nitrogens is 4. The van der Waals surface area contributed by atoms with Crippen molar-refractivity contribution in [3.63, 3.8) is 0 Å². The van der Waals surface area contributed by atoms with Crippen LogP contribution in [0.3, 0.4) is 0 Å². The van der Waals surface area contributed by atoms with Gasteiger partial charge in [-0.05, 0) is 19.4 Å². The minimum atomic E-state index is -0.972. The molecular weight excluding hydrogens is 292 g/mol. The highest BCUT2D eigenvalue weighted by atomic mass is 32.1. The molecule has 3 aromatic heterocycles. The Bertz CT molecular complexity index is 824. The lowest BCUT2D eigenvalue weighted by Crippen LogP contribution is -1.95. The van der Waals surface area contributed by atoms with Crippen LogP contribution in [0.2, 0.25) is 0 Å². The topological polar surface area (TPSA) is 90.1 Å². The summed E-state index contributed by atoms with van der Waals surface area (Å²) in [6.07, 6.45) is 4.72. The lowest BCUT2D eigenvalue weighted by molar-refractivity contribution is 0.0701. The minimum absolute atomic E-state index is 0.250. The van der Waals surface area contributed by atoms with E-state index in [-0.39, 0.29) is 4.88 Å². The van der Waals surface area contributed by atoms with Crippen molar-refractivity contribution in [1.82, 2.24) is 19.7 Å². The van der Waals surface area contributed by atoms with Crippen LogP contribution in [0.15, 0.2) is 18.7 Å². The summed E-state index contributed by atoms with van der Waals surface area (Å²) in [5.41, 5.74) is 0.612. The van der Waals surface area contributed by atoms with Gasteiger partial charge in [-0.2, -0.15) is 5.10 Å². The molecule has 7 nitrogen and oxygen atoms in total. The molecule has 3 rings (SSSR count). The van der Waals surface area contributed by atoms with Crippen LogP contribution in [0.1, 0.15) is 22.2 Å². The SMILES string of the molecule is CCn1cc(Oc2ncnc3sc(C(=O)O)c(C)c23)cn1. The van der Waals surface area contributed by atoms with Gasteiger partial charge in [-0.25, -0.2) is 14.8 Å². The summed E-state index contributed by atoms with van der Waals surface area (Å²) in [5.74, 6) is -0.0727. The van der Waals surface area contributed by atoms with Gasteiger partial charge in [0.15, 0.2) is 5.75 Å². The van der Waals surface area contributed by atoms with Crippen LogP contribution in [0.25, 0.3) is 10.2 Å². The minimum Gasteiger partial charge on any atom is -0.477 e. The number of carboxylic acid groups (broad SMARTS) is 1. The maximum Gasteiger partial charge on any atom is 0.346 e. The molecule has 0 aliphatic rings. The summed E-state index contributed by atoms with van der Waals surface area (Å²) in [5, 5.41) is 13.9. The Morgan fingerprint density at radius 2 is 2.29 bits per heavy atom. The van der Waals surface area contributed by atoms with Crippen LogP contribution < -0.4 is 4.74 Å². The first-order valence-electron chi connectivity index (χ1n) is 6.27. The number of ether oxygens (including phenoxy) is 1. The molecule has 0 saturated carbocycles. The summed E-state index contributed by atoms with van der Waals surface area (Å²) >= 11 is 1.11. The molecule has 1 N–H and O–H groups in total. The first-order chi connectivity index (χ1) is 10.1. The zero-order chi connectivity index (χ0) is 15.0. The van der Waals surface area contributed by atoms with E-state index in [1.807, 2.05) is 6.92 Å². The summed E-state index contributed by atoms with van der Waals surface area (Å²) in [6.45, 7) is 4.44. The molecular formula is C13H12N4O3S. The highest BCUT2D eigenvalue weighted by molar-refractivity contribution is 7.20. The van der Waals surface area contributed by atoms with Gasteiger partial charge < -0.3 is 9.84 Å². The number of thiophene rings is 1. The predicted octanol–water partition coefficient (Wildman–Crippen LogP) is 2.71. The number of aromatic carboxylic acids is 1. The van der Waals surface area contributed by atoms with E-state index in [1.165, 1.54) is 6.33 Å². The summed E-state index contributed by atoms with van der Waals surface area (Å²) in [7, 11) is 0. The first-order valence-corrected chi connectivity index (χ1v) is 7.09. The molecule has 0 unspecified atom stereocenters. The molecule has 0 atom stereocenters. The normalized spacial score (nSPS) is 11.0. The molecule has 3 aromatic rings. The van der Waals surface area contributed by atoms with E-state index in [2.05, 4.69) is 15.1 Å². The number of carbonyl (C=O) groups is 1. The van der Waals surface area contributed by atoms with Crippen molar-refractivity contribution in [2.24, 2.45) is 0 Å².